The molecule has 0 bridgehead atoms. The minimum Gasteiger partial charge on any atom is -0.489 e. The van der Waals surface area contributed by atoms with E-state index in [2.05, 4.69) is 0 Å². The number of halogens is 2. The van der Waals surface area contributed by atoms with Crippen molar-refractivity contribution in [1.82, 2.24) is 0 Å². The molecule has 0 saturated heterocycles. The monoisotopic (exact) mass is 280 g/mol. The van der Waals surface area contributed by atoms with Gasteiger partial charge in [0.2, 0.25) is 0 Å². The second-order valence-corrected chi connectivity index (χ2v) is 4.68. The van der Waals surface area contributed by atoms with Crippen LogP contribution in [-0.4, -0.2) is 5.11 Å². The minimum absolute atomic E-state index is 0.199. The molecule has 2 nitrogen and oxygen atoms in total. The highest BCUT2D eigenvalue weighted by Gasteiger charge is 2.04. The van der Waals surface area contributed by atoms with Crippen molar-refractivity contribution in [2.75, 3.05) is 0 Å². The first-order chi connectivity index (χ1) is 9.06. The summed E-state index contributed by atoms with van der Waals surface area (Å²) in [5.41, 5.74) is 1.41. The maximum Gasteiger partial charge on any atom is 0.123 e. The summed E-state index contributed by atoms with van der Waals surface area (Å²) < 4.78 is 18.6. The van der Waals surface area contributed by atoms with E-state index in [4.69, 9.17) is 16.3 Å². The molecule has 0 fully saturated rings. The second kappa shape index (κ2) is 6.04. The first-order valence-corrected chi connectivity index (χ1v) is 6.29. The number of benzene rings is 2. The van der Waals surface area contributed by atoms with Crippen molar-refractivity contribution < 1.29 is 14.2 Å². The molecule has 0 saturated carbocycles. The molecular formula is C15H14ClFO2. The van der Waals surface area contributed by atoms with Gasteiger partial charge < -0.3 is 9.84 Å². The molecule has 19 heavy (non-hydrogen) atoms. The van der Waals surface area contributed by atoms with E-state index in [1.54, 1.807) is 31.2 Å². The van der Waals surface area contributed by atoms with Gasteiger partial charge in [0, 0.05) is 10.6 Å². The molecule has 0 radical (unpaired) electrons. The number of aliphatic hydroxyl groups is 1. The molecular weight excluding hydrogens is 267 g/mol. The van der Waals surface area contributed by atoms with E-state index in [-0.39, 0.29) is 12.4 Å². The number of aliphatic hydroxyl groups excluding tert-OH is 1. The normalized spacial score (nSPS) is 12.2. The highest BCUT2D eigenvalue weighted by molar-refractivity contribution is 6.31. The number of ether oxygens (including phenoxy) is 1. The van der Waals surface area contributed by atoms with Crippen LogP contribution in [0.3, 0.4) is 0 Å². The van der Waals surface area contributed by atoms with Crippen molar-refractivity contribution in [3.63, 3.8) is 0 Å². The van der Waals surface area contributed by atoms with E-state index in [0.717, 1.165) is 5.56 Å². The van der Waals surface area contributed by atoms with Crippen LogP contribution in [0.4, 0.5) is 4.39 Å². The standard InChI is InChI=1S/C15H14ClFO2/c1-10(18)11-2-5-14(6-3-11)19-9-12-8-13(17)4-7-15(12)16/h2-8,10,18H,9H2,1H3/t10-/m0/s1. The van der Waals surface area contributed by atoms with Crippen molar-refractivity contribution in [2.45, 2.75) is 19.6 Å². The molecule has 0 aromatic heterocycles. The lowest BCUT2D eigenvalue weighted by Crippen LogP contribution is -1.98. The zero-order chi connectivity index (χ0) is 13.8. The third kappa shape index (κ3) is 3.69. The number of rotatable bonds is 4. The Morgan fingerprint density at radius 2 is 1.89 bits per heavy atom. The zero-order valence-electron chi connectivity index (χ0n) is 10.4. The van der Waals surface area contributed by atoms with Gasteiger partial charge in [0.1, 0.15) is 18.2 Å². The topological polar surface area (TPSA) is 29.5 Å². The van der Waals surface area contributed by atoms with Gasteiger partial charge in [0.15, 0.2) is 0 Å². The molecule has 100 valence electrons. The summed E-state index contributed by atoms with van der Waals surface area (Å²) in [5, 5.41) is 9.86. The fourth-order valence-electron chi connectivity index (χ4n) is 1.66. The summed E-state index contributed by atoms with van der Waals surface area (Å²) in [6.07, 6.45) is -0.508. The lowest BCUT2D eigenvalue weighted by Gasteiger charge is -2.09. The average Bonchev–Trinajstić information content (AvgIpc) is 2.40. The van der Waals surface area contributed by atoms with Crippen molar-refractivity contribution in [3.8, 4) is 5.75 Å². The maximum absolute atomic E-state index is 13.1. The first kappa shape index (κ1) is 13.8. The predicted octanol–water partition coefficient (Wildman–Crippen LogP) is 4.11. The Labute approximate surface area is 116 Å². The fraction of sp³-hybridized carbons (Fsp3) is 0.200. The van der Waals surface area contributed by atoms with Crippen LogP contribution in [0.1, 0.15) is 24.2 Å². The van der Waals surface area contributed by atoms with Crippen LogP contribution in [0.15, 0.2) is 42.5 Å². The molecule has 2 aromatic carbocycles. The maximum atomic E-state index is 13.1. The highest BCUT2D eigenvalue weighted by Crippen LogP contribution is 2.21. The molecule has 0 aliphatic rings. The van der Waals surface area contributed by atoms with E-state index >= 15 is 0 Å². The third-order valence-electron chi connectivity index (χ3n) is 2.76. The summed E-state index contributed by atoms with van der Waals surface area (Å²) in [5.74, 6) is 0.303. The highest BCUT2D eigenvalue weighted by atomic mass is 35.5. The predicted molar refractivity (Wildman–Crippen MR) is 72.8 cm³/mol. The van der Waals surface area contributed by atoms with E-state index < -0.39 is 6.10 Å². The van der Waals surface area contributed by atoms with Crippen LogP contribution in [-0.2, 0) is 6.61 Å². The molecule has 0 amide bonds. The summed E-state index contributed by atoms with van der Waals surface area (Å²) in [4.78, 5) is 0. The smallest absolute Gasteiger partial charge is 0.123 e. The second-order valence-electron chi connectivity index (χ2n) is 4.27. The van der Waals surface area contributed by atoms with Crippen molar-refractivity contribution in [3.05, 3.63) is 64.4 Å². The van der Waals surface area contributed by atoms with Crippen molar-refractivity contribution in [2.24, 2.45) is 0 Å². The number of hydrogen-bond donors (Lipinski definition) is 1. The van der Waals surface area contributed by atoms with Crippen LogP contribution in [0.2, 0.25) is 5.02 Å². The van der Waals surface area contributed by atoms with Gasteiger partial charge in [-0.1, -0.05) is 23.7 Å². The van der Waals surface area contributed by atoms with Gasteiger partial charge in [-0.2, -0.15) is 0 Å². The van der Waals surface area contributed by atoms with E-state index in [0.29, 0.717) is 16.3 Å². The molecule has 2 aromatic rings. The van der Waals surface area contributed by atoms with Gasteiger partial charge in [-0.05, 0) is 42.8 Å². The fourth-order valence-corrected chi connectivity index (χ4v) is 1.83. The SMILES string of the molecule is C[C@H](O)c1ccc(OCc2cc(F)ccc2Cl)cc1. The molecule has 0 aliphatic carbocycles. The van der Waals surface area contributed by atoms with Crippen LogP contribution >= 0.6 is 11.6 Å². The van der Waals surface area contributed by atoms with E-state index in [1.807, 2.05) is 0 Å². The average molecular weight is 281 g/mol. The van der Waals surface area contributed by atoms with Crippen LogP contribution in [0, 0.1) is 5.82 Å². The Hall–Kier alpha value is -1.58. The zero-order valence-corrected chi connectivity index (χ0v) is 11.2. The Morgan fingerprint density at radius 3 is 2.53 bits per heavy atom. The Bertz CT molecular complexity index is 553. The third-order valence-corrected chi connectivity index (χ3v) is 3.13. The summed E-state index contributed by atoms with van der Waals surface area (Å²) in [6, 6.07) is 11.3. The van der Waals surface area contributed by atoms with E-state index in [9.17, 15) is 9.50 Å². The largest absolute Gasteiger partial charge is 0.489 e. The lowest BCUT2D eigenvalue weighted by molar-refractivity contribution is 0.199. The molecule has 0 aliphatic heterocycles. The minimum atomic E-state index is -0.508. The molecule has 4 heteroatoms. The Kier molecular flexibility index (Phi) is 4.40. The Balaban J connectivity index is 2.04. The molecule has 0 unspecified atom stereocenters. The van der Waals surface area contributed by atoms with Gasteiger partial charge in [-0.25, -0.2) is 4.39 Å². The van der Waals surface area contributed by atoms with Crippen LogP contribution in [0.25, 0.3) is 0 Å². The summed E-state index contributed by atoms with van der Waals surface area (Å²) in [7, 11) is 0. The van der Waals surface area contributed by atoms with Gasteiger partial charge in [-0.3, -0.25) is 0 Å². The van der Waals surface area contributed by atoms with Gasteiger partial charge in [-0.15, -0.1) is 0 Å². The number of hydrogen-bond acceptors (Lipinski definition) is 2. The van der Waals surface area contributed by atoms with Crippen LogP contribution in [0.5, 0.6) is 5.75 Å². The molecule has 1 N–H and O–H groups in total. The first-order valence-electron chi connectivity index (χ1n) is 5.91. The molecule has 2 rings (SSSR count). The van der Waals surface area contributed by atoms with E-state index in [1.165, 1.54) is 18.2 Å². The van der Waals surface area contributed by atoms with Crippen molar-refractivity contribution >= 4 is 11.6 Å². The van der Waals surface area contributed by atoms with Crippen molar-refractivity contribution in [1.29, 1.82) is 0 Å². The molecule has 0 heterocycles. The van der Waals surface area contributed by atoms with Gasteiger partial charge in [0.25, 0.3) is 0 Å². The summed E-state index contributed by atoms with van der Waals surface area (Å²) >= 11 is 5.95. The lowest BCUT2D eigenvalue weighted by atomic mass is 10.1. The van der Waals surface area contributed by atoms with Crippen LogP contribution < -0.4 is 4.74 Å². The van der Waals surface area contributed by atoms with Gasteiger partial charge in [0.05, 0.1) is 6.10 Å². The molecule has 0 spiro atoms. The molecule has 1 atom stereocenters. The quantitative estimate of drug-likeness (QED) is 0.913. The summed E-state index contributed by atoms with van der Waals surface area (Å²) in [6.45, 7) is 1.90. The van der Waals surface area contributed by atoms with Gasteiger partial charge >= 0.3 is 0 Å². The Morgan fingerprint density at radius 1 is 1.21 bits per heavy atom.